The number of thiophene rings is 1. The van der Waals surface area contributed by atoms with Crippen LogP contribution in [0.2, 0.25) is 0 Å². The van der Waals surface area contributed by atoms with Crippen molar-refractivity contribution in [2.24, 2.45) is 5.10 Å². The molecule has 1 aliphatic rings. The lowest BCUT2D eigenvalue weighted by Gasteiger charge is -2.22. The molecule has 6 rings (SSSR count). The molecule has 0 N–H and O–H groups in total. The highest BCUT2D eigenvalue weighted by Gasteiger charge is 2.32. The van der Waals surface area contributed by atoms with Crippen molar-refractivity contribution in [2.45, 2.75) is 12.5 Å². The van der Waals surface area contributed by atoms with Crippen molar-refractivity contribution in [1.29, 1.82) is 0 Å². The summed E-state index contributed by atoms with van der Waals surface area (Å²) in [5.74, 6) is 1.42. The minimum absolute atomic E-state index is 0. The normalized spacial score (nSPS) is 14.6. The SMILES string of the molecule is Br.COc1ccc(C2CC(c3cccs3)=NN2c2nc(-c3ccc(-c4ccccc4)cc3)cs2)cc1OC. The fourth-order valence-corrected chi connectivity index (χ4v) is 6.12. The molecule has 3 aromatic carbocycles. The first-order valence-corrected chi connectivity index (χ1v) is 13.7. The highest BCUT2D eigenvalue weighted by Crippen LogP contribution is 2.42. The Bertz CT molecular complexity index is 1530. The quantitative estimate of drug-likeness (QED) is 0.187. The lowest BCUT2D eigenvalue weighted by molar-refractivity contribution is 0.354. The van der Waals surface area contributed by atoms with Gasteiger partial charge in [-0.3, -0.25) is 0 Å². The van der Waals surface area contributed by atoms with Crippen LogP contribution in [0.5, 0.6) is 11.5 Å². The number of hydrogen-bond donors (Lipinski definition) is 0. The average molecular weight is 605 g/mol. The zero-order valence-corrected chi connectivity index (χ0v) is 24.3. The predicted octanol–water partition coefficient (Wildman–Crippen LogP) is 8.49. The smallest absolute Gasteiger partial charge is 0.207 e. The van der Waals surface area contributed by atoms with Crippen molar-refractivity contribution >= 4 is 50.5 Å². The van der Waals surface area contributed by atoms with Crippen LogP contribution in [0.15, 0.2) is 101 Å². The van der Waals surface area contributed by atoms with Crippen molar-refractivity contribution in [1.82, 2.24) is 4.98 Å². The number of methoxy groups -OCH3 is 2. The van der Waals surface area contributed by atoms with Gasteiger partial charge in [-0.1, -0.05) is 66.7 Å². The third-order valence-corrected chi connectivity index (χ3v) is 8.23. The number of halogens is 1. The van der Waals surface area contributed by atoms with E-state index >= 15 is 0 Å². The maximum atomic E-state index is 5.59. The van der Waals surface area contributed by atoms with Crippen LogP contribution in [-0.4, -0.2) is 24.9 Å². The maximum Gasteiger partial charge on any atom is 0.207 e. The van der Waals surface area contributed by atoms with E-state index in [0.717, 1.165) is 34.1 Å². The second kappa shape index (κ2) is 11.5. The van der Waals surface area contributed by atoms with E-state index in [1.807, 2.05) is 18.2 Å². The monoisotopic (exact) mass is 603 g/mol. The highest BCUT2D eigenvalue weighted by molar-refractivity contribution is 8.93. The van der Waals surface area contributed by atoms with Crippen molar-refractivity contribution < 1.29 is 9.47 Å². The van der Waals surface area contributed by atoms with Gasteiger partial charge in [-0.15, -0.1) is 39.7 Å². The molecule has 0 radical (unpaired) electrons. The number of anilines is 1. The van der Waals surface area contributed by atoms with E-state index in [-0.39, 0.29) is 23.0 Å². The zero-order valence-electron chi connectivity index (χ0n) is 20.9. The lowest BCUT2D eigenvalue weighted by Crippen LogP contribution is -2.18. The molecule has 0 saturated heterocycles. The molecule has 0 saturated carbocycles. The van der Waals surface area contributed by atoms with Gasteiger partial charge in [0.25, 0.3) is 0 Å². The van der Waals surface area contributed by atoms with Crippen LogP contribution in [0, 0.1) is 0 Å². The number of rotatable bonds is 7. The van der Waals surface area contributed by atoms with E-state index in [1.165, 1.54) is 16.0 Å². The molecule has 1 atom stereocenters. The third-order valence-electron chi connectivity index (χ3n) is 6.48. The van der Waals surface area contributed by atoms with Crippen LogP contribution < -0.4 is 14.5 Å². The number of thiazole rings is 1. The number of aromatic nitrogens is 1. The van der Waals surface area contributed by atoms with Crippen molar-refractivity contribution in [2.75, 3.05) is 19.2 Å². The van der Waals surface area contributed by atoms with Gasteiger partial charge >= 0.3 is 0 Å². The molecule has 1 aliphatic heterocycles. The molecule has 5 aromatic rings. The standard InChI is InChI=1S/C30H25N3O2S2.BrH/c1-34-27-15-14-23(17-28(27)35-2)26-18-24(29-9-6-16-36-29)32-33(26)30-31-25(19-37-30)22-12-10-21(11-13-22)20-7-4-3-5-8-20;/h3-17,19,26H,18H2,1-2H3;1H. The first kappa shape index (κ1) is 26.2. The van der Waals surface area contributed by atoms with Gasteiger partial charge in [0.1, 0.15) is 0 Å². The Morgan fingerprint density at radius 2 is 1.53 bits per heavy atom. The number of benzene rings is 3. The molecule has 0 fully saturated rings. The number of nitrogens with zero attached hydrogens (tertiary/aromatic N) is 3. The molecule has 0 amide bonds. The number of hydrogen-bond acceptors (Lipinski definition) is 7. The second-order valence-electron chi connectivity index (χ2n) is 8.66. The van der Waals surface area contributed by atoms with E-state index < -0.39 is 0 Å². The van der Waals surface area contributed by atoms with E-state index in [1.54, 1.807) is 36.9 Å². The van der Waals surface area contributed by atoms with Gasteiger partial charge in [0.2, 0.25) is 5.13 Å². The summed E-state index contributed by atoms with van der Waals surface area (Å²) >= 11 is 3.32. The summed E-state index contributed by atoms with van der Waals surface area (Å²) in [6, 6.07) is 29.3. The molecule has 0 bridgehead atoms. The van der Waals surface area contributed by atoms with E-state index in [2.05, 4.69) is 82.5 Å². The summed E-state index contributed by atoms with van der Waals surface area (Å²) in [6.07, 6.45) is 0.788. The molecular weight excluding hydrogens is 578 g/mol. The van der Waals surface area contributed by atoms with Gasteiger partial charge < -0.3 is 9.47 Å². The van der Waals surface area contributed by atoms with Crippen LogP contribution in [0.4, 0.5) is 5.13 Å². The van der Waals surface area contributed by atoms with E-state index in [9.17, 15) is 0 Å². The van der Waals surface area contributed by atoms with Gasteiger partial charge in [0, 0.05) is 17.4 Å². The molecule has 5 nitrogen and oxygen atoms in total. The molecule has 8 heteroatoms. The number of ether oxygens (including phenoxy) is 2. The molecule has 2 aromatic heterocycles. The number of hydrazone groups is 1. The molecule has 38 heavy (non-hydrogen) atoms. The van der Waals surface area contributed by atoms with E-state index in [4.69, 9.17) is 19.6 Å². The topological polar surface area (TPSA) is 47.0 Å². The second-order valence-corrected chi connectivity index (χ2v) is 10.4. The Morgan fingerprint density at radius 1 is 0.789 bits per heavy atom. The maximum absolute atomic E-state index is 5.59. The third kappa shape index (κ3) is 5.12. The summed E-state index contributed by atoms with van der Waals surface area (Å²) < 4.78 is 11.0. The Morgan fingerprint density at radius 3 is 2.24 bits per heavy atom. The molecule has 0 aliphatic carbocycles. The predicted molar refractivity (Wildman–Crippen MR) is 164 cm³/mol. The van der Waals surface area contributed by atoms with E-state index in [0.29, 0.717) is 11.5 Å². The summed E-state index contributed by atoms with van der Waals surface area (Å²) in [6.45, 7) is 0. The van der Waals surface area contributed by atoms with Gasteiger partial charge in [-0.25, -0.2) is 9.99 Å². The fraction of sp³-hybridized carbons (Fsp3) is 0.133. The molecule has 1 unspecified atom stereocenters. The molecule has 0 spiro atoms. The van der Waals surface area contributed by atoms with Crippen LogP contribution in [0.3, 0.4) is 0 Å². The minimum atomic E-state index is 0. The van der Waals surface area contributed by atoms with Crippen LogP contribution in [0.1, 0.15) is 22.9 Å². The summed E-state index contributed by atoms with van der Waals surface area (Å²) in [5.41, 5.74) is 6.61. The van der Waals surface area contributed by atoms with Crippen LogP contribution in [-0.2, 0) is 0 Å². The van der Waals surface area contributed by atoms with Crippen molar-refractivity contribution in [3.05, 3.63) is 106 Å². The Labute approximate surface area is 240 Å². The fourth-order valence-electron chi connectivity index (χ4n) is 4.56. The van der Waals surface area contributed by atoms with Gasteiger partial charge in [-0.2, -0.15) is 5.10 Å². The molecule has 192 valence electrons. The average Bonchev–Trinajstić information content (AvgIpc) is 3.74. The minimum Gasteiger partial charge on any atom is -0.493 e. The largest absolute Gasteiger partial charge is 0.493 e. The van der Waals surface area contributed by atoms with Crippen LogP contribution >= 0.6 is 39.7 Å². The van der Waals surface area contributed by atoms with Gasteiger partial charge in [0.15, 0.2) is 11.5 Å². The Balaban J connectivity index is 0.00000294. The van der Waals surface area contributed by atoms with Crippen molar-refractivity contribution in [3.8, 4) is 33.9 Å². The highest BCUT2D eigenvalue weighted by atomic mass is 79.9. The Kier molecular flexibility index (Phi) is 7.93. The zero-order chi connectivity index (χ0) is 25.2. The Hall–Kier alpha value is -3.46. The molecule has 3 heterocycles. The summed E-state index contributed by atoms with van der Waals surface area (Å²) in [5, 5.41) is 12.2. The summed E-state index contributed by atoms with van der Waals surface area (Å²) in [4.78, 5) is 6.20. The lowest BCUT2D eigenvalue weighted by atomic mass is 10.0. The van der Waals surface area contributed by atoms with Gasteiger partial charge in [-0.05, 0) is 40.3 Å². The van der Waals surface area contributed by atoms with Gasteiger partial charge in [0.05, 0.1) is 36.5 Å². The molecular formula is C30H26BrN3O2S2. The van der Waals surface area contributed by atoms with Crippen molar-refractivity contribution in [3.63, 3.8) is 0 Å². The summed E-state index contributed by atoms with van der Waals surface area (Å²) in [7, 11) is 3.32. The first-order valence-electron chi connectivity index (χ1n) is 12.0. The first-order chi connectivity index (χ1) is 18.2. The van der Waals surface area contributed by atoms with Crippen LogP contribution in [0.25, 0.3) is 22.4 Å².